The SMILES string of the molecule is O=C(O)CCc1ccccc1P(=O)(O)O. The Morgan fingerprint density at radius 2 is 1.87 bits per heavy atom. The highest BCUT2D eigenvalue weighted by molar-refractivity contribution is 7.60. The largest absolute Gasteiger partial charge is 0.481 e. The van der Waals surface area contributed by atoms with Crippen LogP contribution in [0.2, 0.25) is 0 Å². The van der Waals surface area contributed by atoms with E-state index >= 15 is 0 Å². The van der Waals surface area contributed by atoms with Crippen molar-refractivity contribution in [1.82, 2.24) is 0 Å². The van der Waals surface area contributed by atoms with E-state index in [9.17, 15) is 9.36 Å². The van der Waals surface area contributed by atoms with E-state index in [4.69, 9.17) is 14.9 Å². The van der Waals surface area contributed by atoms with Crippen LogP contribution in [0.5, 0.6) is 0 Å². The fourth-order valence-corrected chi connectivity index (χ4v) is 2.09. The van der Waals surface area contributed by atoms with Gasteiger partial charge in [-0.2, -0.15) is 0 Å². The average molecular weight is 230 g/mol. The lowest BCUT2D eigenvalue weighted by molar-refractivity contribution is -0.136. The molecule has 1 aromatic rings. The van der Waals surface area contributed by atoms with Gasteiger partial charge in [-0.15, -0.1) is 0 Å². The Bertz CT molecular complexity index is 409. The van der Waals surface area contributed by atoms with Crippen LogP contribution in [0.25, 0.3) is 0 Å². The first kappa shape index (κ1) is 11.9. The summed E-state index contributed by atoms with van der Waals surface area (Å²) < 4.78 is 11.0. The number of benzene rings is 1. The lowest BCUT2D eigenvalue weighted by Crippen LogP contribution is -2.12. The Kier molecular flexibility index (Phi) is 3.63. The smallest absolute Gasteiger partial charge is 0.356 e. The Labute approximate surface area is 86.5 Å². The van der Waals surface area contributed by atoms with Crippen LogP contribution in [-0.2, 0) is 15.8 Å². The number of aryl methyl sites for hydroxylation is 1. The highest BCUT2D eigenvalue weighted by atomic mass is 31.2. The number of carboxylic acids is 1. The van der Waals surface area contributed by atoms with Gasteiger partial charge in [0.15, 0.2) is 0 Å². The summed E-state index contributed by atoms with van der Waals surface area (Å²) in [6.07, 6.45) is -0.0202. The van der Waals surface area contributed by atoms with Gasteiger partial charge in [-0.05, 0) is 18.1 Å². The summed E-state index contributed by atoms with van der Waals surface area (Å²) in [7, 11) is -4.31. The van der Waals surface area contributed by atoms with Gasteiger partial charge in [-0.3, -0.25) is 9.36 Å². The molecule has 0 spiro atoms. The number of aliphatic carboxylic acids is 1. The maximum atomic E-state index is 11.0. The fourth-order valence-electron chi connectivity index (χ4n) is 1.25. The summed E-state index contributed by atoms with van der Waals surface area (Å²) >= 11 is 0. The van der Waals surface area contributed by atoms with E-state index in [1.807, 2.05) is 0 Å². The molecule has 0 aliphatic rings. The van der Waals surface area contributed by atoms with Crippen LogP contribution in [0.15, 0.2) is 24.3 Å². The van der Waals surface area contributed by atoms with E-state index in [1.165, 1.54) is 18.2 Å². The standard InChI is InChI=1S/C9H11O5P/c10-9(11)6-5-7-3-1-2-4-8(7)15(12,13)14/h1-4H,5-6H2,(H,10,11)(H2,12,13,14). The lowest BCUT2D eigenvalue weighted by atomic mass is 10.1. The van der Waals surface area contributed by atoms with E-state index in [0.29, 0.717) is 5.56 Å². The van der Waals surface area contributed by atoms with Crippen molar-refractivity contribution < 1.29 is 24.3 Å². The second kappa shape index (κ2) is 4.57. The normalized spacial score (nSPS) is 11.3. The molecule has 0 saturated heterocycles. The molecule has 0 aliphatic heterocycles. The molecule has 0 heterocycles. The Morgan fingerprint density at radius 3 is 2.40 bits per heavy atom. The molecule has 1 aromatic carbocycles. The first-order valence-electron chi connectivity index (χ1n) is 4.27. The zero-order chi connectivity index (χ0) is 11.5. The molecule has 0 fully saturated rings. The summed E-state index contributed by atoms with van der Waals surface area (Å²) in [4.78, 5) is 28.3. The van der Waals surface area contributed by atoms with Crippen LogP contribution in [0.3, 0.4) is 0 Å². The Balaban J connectivity index is 2.97. The van der Waals surface area contributed by atoms with Gasteiger partial charge >= 0.3 is 13.6 Å². The van der Waals surface area contributed by atoms with Crippen LogP contribution < -0.4 is 5.30 Å². The third-order valence-corrected chi connectivity index (χ3v) is 2.98. The van der Waals surface area contributed by atoms with Crippen molar-refractivity contribution in [2.24, 2.45) is 0 Å². The van der Waals surface area contributed by atoms with E-state index in [2.05, 4.69) is 0 Å². The Morgan fingerprint density at radius 1 is 1.27 bits per heavy atom. The highest BCUT2D eigenvalue weighted by Crippen LogP contribution is 2.34. The van der Waals surface area contributed by atoms with E-state index in [0.717, 1.165) is 0 Å². The summed E-state index contributed by atoms with van der Waals surface area (Å²) in [5.41, 5.74) is 0.383. The number of hydrogen-bond donors (Lipinski definition) is 3. The molecule has 82 valence electrons. The van der Waals surface area contributed by atoms with Gasteiger partial charge in [-0.25, -0.2) is 0 Å². The van der Waals surface area contributed by atoms with Crippen LogP contribution in [0.1, 0.15) is 12.0 Å². The van der Waals surface area contributed by atoms with Crippen molar-refractivity contribution in [2.45, 2.75) is 12.8 Å². The van der Waals surface area contributed by atoms with Crippen molar-refractivity contribution >= 4 is 18.9 Å². The second-order valence-corrected chi connectivity index (χ2v) is 4.64. The highest BCUT2D eigenvalue weighted by Gasteiger charge is 2.20. The maximum absolute atomic E-state index is 11.0. The molecule has 0 atom stereocenters. The third-order valence-electron chi connectivity index (χ3n) is 1.91. The van der Waals surface area contributed by atoms with Crippen LogP contribution in [-0.4, -0.2) is 20.9 Å². The predicted octanol–water partition coefficient (Wildman–Crippen LogP) is 0.507. The number of rotatable bonds is 4. The van der Waals surface area contributed by atoms with Gasteiger partial charge in [-0.1, -0.05) is 18.2 Å². The monoisotopic (exact) mass is 230 g/mol. The van der Waals surface area contributed by atoms with Crippen molar-refractivity contribution in [3.8, 4) is 0 Å². The molecule has 0 aromatic heterocycles. The van der Waals surface area contributed by atoms with Gasteiger partial charge in [0.05, 0.1) is 5.30 Å². The van der Waals surface area contributed by atoms with Gasteiger partial charge in [0.1, 0.15) is 0 Å². The van der Waals surface area contributed by atoms with Gasteiger partial charge in [0.2, 0.25) is 0 Å². The van der Waals surface area contributed by atoms with E-state index in [1.54, 1.807) is 6.07 Å². The predicted molar refractivity (Wildman–Crippen MR) is 54.1 cm³/mol. The summed E-state index contributed by atoms with van der Waals surface area (Å²) in [6, 6.07) is 5.98. The first-order chi connectivity index (χ1) is 6.91. The zero-order valence-corrected chi connectivity index (χ0v) is 8.72. The quantitative estimate of drug-likeness (QED) is 0.655. The number of carboxylic acid groups (broad SMARTS) is 1. The minimum Gasteiger partial charge on any atom is -0.481 e. The molecule has 0 amide bonds. The van der Waals surface area contributed by atoms with Gasteiger partial charge in [0.25, 0.3) is 0 Å². The Hall–Kier alpha value is -1.16. The summed E-state index contributed by atoms with van der Waals surface area (Å²) in [6.45, 7) is 0. The van der Waals surface area contributed by atoms with Crippen LogP contribution >= 0.6 is 7.60 Å². The summed E-state index contributed by atoms with van der Waals surface area (Å²) in [5, 5.41) is 8.38. The molecule has 0 radical (unpaired) electrons. The topological polar surface area (TPSA) is 94.8 Å². The average Bonchev–Trinajstić information content (AvgIpc) is 2.13. The lowest BCUT2D eigenvalue weighted by Gasteiger charge is -2.09. The molecular weight excluding hydrogens is 219 g/mol. The van der Waals surface area contributed by atoms with Crippen molar-refractivity contribution in [3.05, 3.63) is 29.8 Å². The molecule has 0 aliphatic carbocycles. The summed E-state index contributed by atoms with van der Waals surface area (Å²) in [5.74, 6) is -0.990. The molecule has 6 heteroatoms. The molecule has 3 N–H and O–H groups in total. The van der Waals surface area contributed by atoms with Crippen LogP contribution in [0.4, 0.5) is 0 Å². The van der Waals surface area contributed by atoms with Crippen molar-refractivity contribution in [3.63, 3.8) is 0 Å². The van der Waals surface area contributed by atoms with Crippen molar-refractivity contribution in [1.29, 1.82) is 0 Å². The van der Waals surface area contributed by atoms with Gasteiger partial charge < -0.3 is 14.9 Å². The minimum absolute atomic E-state index is 0.0914. The fraction of sp³-hybridized carbons (Fsp3) is 0.222. The van der Waals surface area contributed by atoms with Crippen molar-refractivity contribution in [2.75, 3.05) is 0 Å². The number of hydrogen-bond acceptors (Lipinski definition) is 2. The molecular formula is C9H11O5P. The second-order valence-electron chi connectivity index (χ2n) is 3.07. The van der Waals surface area contributed by atoms with Crippen LogP contribution in [0, 0.1) is 0 Å². The third kappa shape index (κ3) is 3.47. The minimum atomic E-state index is -4.31. The molecule has 0 saturated carbocycles. The molecule has 0 unspecified atom stereocenters. The van der Waals surface area contributed by atoms with Gasteiger partial charge in [0, 0.05) is 6.42 Å². The molecule has 0 bridgehead atoms. The molecule has 15 heavy (non-hydrogen) atoms. The zero-order valence-electron chi connectivity index (χ0n) is 7.83. The molecule has 5 nitrogen and oxygen atoms in total. The molecule has 1 rings (SSSR count). The van der Waals surface area contributed by atoms with E-state index in [-0.39, 0.29) is 18.1 Å². The maximum Gasteiger partial charge on any atom is 0.356 e. The van der Waals surface area contributed by atoms with E-state index < -0.39 is 13.6 Å². The first-order valence-corrected chi connectivity index (χ1v) is 5.88. The number of carbonyl (C=O) groups is 1.